The summed E-state index contributed by atoms with van der Waals surface area (Å²) < 4.78 is 5.16. The second kappa shape index (κ2) is 6.82. The number of carbonyl (C=O) groups excluding carboxylic acids is 2. The molecule has 1 saturated heterocycles. The first kappa shape index (κ1) is 17.8. The molecule has 0 aliphatic carbocycles. The molecule has 19 heavy (non-hydrogen) atoms. The van der Waals surface area contributed by atoms with Gasteiger partial charge in [0.05, 0.1) is 6.54 Å². The molecule has 1 N–H and O–H groups in total. The van der Waals surface area contributed by atoms with Crippen LogP contribution in [0.5, 0.6) is 0 Å². The molecule has 8 heteroatoms. The predicted octanol–water partition coefficient (Wildman–Crippen LogP) is -0.500. The number of amides is 2. The van der Waals surface area contributed by atoms with Gasteiger partial charge in [0.1, 0.15) is 11.6 Å². The molecule has 0 radical (unpaired) electrons. The maximum atomic E-state index is 11.8. The van der Waals surface area contributed by atoms with Crippen molar-refractivity contribution in [2.75, 3.05) is 19.6 Å². The van der Waals surface area contributed by atoms with Gasteiger partial charge in [-0.3, -0.25) is 4.79 Å². The summed E-state index contributed by atoms with van der Waals surface area (Å²) in [7, 11) is 0. The molecular formula is C11H19LiN2O5. The monoisotopic (exact) mass is 266 g/mol. The molecule has 0 spiro atoms. The van der Waals surface area contributed by atoms with E-state index in [1.54, 1.807) is 20.8 Å². The van der Waals surface area contributed by atoms with Crippen LogP contribution in [0, 0.1) is 0 Å². The quantitative estimate of drug-likeness (QED) is 0.538. The van der Waals surface area contributed by atoms with Crippen molar-refractivity contribution in [2.45, 2.75) is 32.4 Å². The number of nitrogens with zero attached hydrogens (tertiary/aromatic N) is 2. The molecule has 0 saturated carbocycles. The van der Waals surface area contributed by atoms with Gasteiger partial charge in [0.2, 0.25) is 6.41 Å². The first-order valence-corrected chi connectivity index (χ1v) is 5.66. The van der Waals surface area contributed by atoms with Crippen LogP contribution in [0.1, 0.15) is 20.8 Å². The average molecular weight is 266 g/mol. The number of aliphatic carboxylic acids is 1. The van der Waals surface area contributed by atoms with Gasteiger partial charge in [0.25, 0.3) is 0 Å². The molecule has 104 valence electrons. The second-order valence-electron chi connectivity index (χ2n) is 5.12. The zero-order valence-corrected chi connectivity index (χ0v) is 10.8. The summed E-state index contributed by atoms with van der Waals surface area (Å²) in [6, 6.07) is -1.01. The Labute approximate surface area is 124 Å². The van der Waals surface area contributed by atoms with E-state index in [0.717, 1.165) is 0 Å². The van der Waals surface area contributed by atoms with Gasteiger partial charge in [-0.25, -0.2) is 9.59 Å². The van der Waals surface area contributed by atoms with E-state index < -0.39 is 23.7 Å². The third-order valence-corrected chi connectivity index (χ3v) is 2.49. The molecule has 0 aromatic heterocycles. The number of carbonyl (C=O) groups is 3. The van der Waals surface area contributed by atoms with Gasteiger partial charge < -0.3 is 19.6 Å². The topological polar surface area (TPSA) is 87.2 Å². The Morgan fingerprint density at radius 1 is 1.32 bits per heavy atom. The molecule has 0 aromatic rings. The standard InChI is InChI=1S/C11H18N2O5.Li.H/c1-11(2,3)18-10(17)12-4-5-13(7-14)8(6-12)9(15)16;;/h7-8H,4-6H2,1-3H3,(H,15,16);;. The fourth-order valence-corrected chi connectivity index (χ4v) is 1.64. The first-order valence-electron chi connectivity index (χ1n) is 5.66. The third kappa shape index (κ3) is 5.13. The van der Waals surface area contributed by atoms with E-state index in [2.05, 4.69) is 0 Å². The number of piperazine rings is 1. The zero-order valence-electron chi connectivity index (χ0n) is 10.8. The molecule has 1 unspecified atom stereocenters. The van der Waals surface area contributed by atoms with Gasteiger partial charge in [-0.2, -0.15) is 0 Å². The van der Waals surface area contributed by atoms with Crippen LogP contribution in [0.3, 0.4) is 0 Å². The maximum absolute atomic E-state index is 11.8. The molecular weight excluding hydrogens is 247 g/mol. The van der Waals surface area contributed by atoms with E-state index in [0.29, 0.717) is 6.41 Å². The predicted molar refractivity (Wildman–Crippen MR) is 69.1 cm³/mol. The van der Waals surface area contributed by atoms with Gasteiger partial charge in [0, 0.05) is 13.1 Å². The molecule has 1 aliphatic rings. The van der Waals surface area contributed by atoms with E-state index in [1.165, 1.54) is 9.80 Å². The zero-order chi connectivity index (χ0) is 13.9. The summed E-state index contributed by atoms with van der Waals surface area (Å²) in [5, 5.41) is 8.99. The van der Waals surface area contributed by atoms with Crippen molar-refractivity contribution < 1.29 is 24.2 Å². The summed E-state index contributed by atoms with van der Waals surface area (Å²) in [6.07, 6.45) is -0.0649. The Morgan fingerprint density at radius 3 is 2.32 bits per heavy atom. The van der Waals surface area contributed by atoms with Crippen LogP contribution in [-0.4, -0.2) is 83.5 Å². The third-order valence-electron chi connectivity index (χ3n) is 2.49. The summed E-state index contributed by atoms with van der Waals surface area (Å²) in [5.74, 6) is -1.13. The number of carboxylic acid groups (broad SMARTS) is 1. The van der Waals surface area contributed by atoms with E-state index in [9.17, 15) is 14.4 Å². The van der Waals surface area contributed by atoms with Crippen molar-refractivity contribution in [1.29, 1.82) is 0 Å². The van der Waals surface area contributed by atoms with Crippen LogP contribution in [0.2, 0.25) is 0 Å². The minimum atomic E-state index is -1.13. The van der Waals surface area contributed by atoms with Crippen molar-refractivity contribution >= 4 is 37.3 Å². The van der Waals surface area contributed by atoms with E-state index >= 15 is 0 Å². The van der Waals surface area contributed by atoms with Gasteiger partial charge in [-0.1, -0.05) is 0 Å². The molecule has 1 atom stereocenters. The van der Waals surface area contributed by atoms with E-state index in [-0.39, 0.29) is 38.5 Å². The van der Waals surface area contributed by atoms with Gasteiger partial charge in [0.15, 0.2) is 0 Å². The van der Waals surface area contributed by atoms with Crippen molar-refractivity contribution in [3.63, 3.8) is 0 Å². The van der Waals surface area contributed by atoms with Crippen molar-refractivity contribution in [1.82, 2.24) is 9.80 Å². The van der Waals surface area contributed by atoms with Crippen LogP contribution in [0.15, 0.2) is 0 Å². The van der Waals surface area contributed by atoms with Crippen molar-refractivity contribution in [3.05, 3.63) is 0 Å². The Hall–Kier alpha value is -1.19. The van der Waals surface area contributed by atoms with Crippen LogP contribution in [-0.2, 0) is 14.3 Å². The van der Waals surface area contributed by atoms with E-state index in [4.69, 9.17) is 9.84 Å². The minimum absolute atomic E-state index is 0. The second-order valence-corrected chi connectivity index (χ2v) is 5.12. The van der Waals surface area contributed by atoms with Crippen LogP contribution < -0.4 is 0 Å². The summed E-state index contributed by atoms with van der Waals surface area (Å²) in [4.78, 5) is 36.0. The Kier molecular flexibility index (Phi) is 6.40. The van der Waals surface area contributed by atoms with Gasteiger partial charge in [-0.05, 0) is 20.8 Å². The summed E-state index contributed by atoms with van der Waals surface area (Å²) >= 11 is 0. The number of hydrogen-bond acceptors (Lipinski definition) is 4. The normalized spacial score (nSPS) is 19.4. The molecule has 2 amide bonds. The number of rotatable bonds is 2. The van der Waals surface area contributed by atoms with Crippen LogP contribution in [0.25, 0.3) is 0 Å². The molecule has 0 bridgehead atoms. The SMILES string of the molecule is CC(C)(C)OC(=O)N1CCN(C=O)C(C(=O)O)C1.[LiH]. The molecule has 1 heterocycles. The molecule has 0 aromatic carbocycles. The van der Waals surface area contributed by atoms with Gasteiger partial charge >= 0.3 is 30.9 Å². The summed E-state index contributed by atoms with van der Waals surface area (Å²) in [6.45, 7) is 5.63. The number of hydrogen-bond donors (Lipinski definition) is 1. The molecule has 1 aliphatic heterocycles. The first-order chi connectivity index (χ1) is 8.24. The fraction of sp³-hybridized carbons (Fsp3) is 0.727. The van der Waals surface area contributed by atoms with Crippen LogP contribution >= 0.6 is 0 Å². The molecule has 7 nitrogen and oxygen atoms in total. The Bertz CT molecular complexity index is 355. The van der Waals surface area contributed by atoms with Crippen molar-refractivity contribution in [2.24, 2.45) is 0 Å². The Balaban J connectivity index is 0.00000324. The average Bonchev–Trinajstić information content (AvgIpc) is 2.25. The molecule has 1 fully saturated rings. The Morgan fingerprint density at radius 2 is 1.89 bits per heavy atom. The van der Waals surface area contributed by atoms with Crippen LogP contribution in [0.4, 0.5) is 4.79 Å². The summed E-state index contributed by atoms with van der Waals surface area (Å²) in [5.41, 5.74) is -0.627. The van der Waals surface area contributed by atoms with E-state index in [1.807, 2.05) is 0 Å². The van der Waals surface area contributed by atoms with Crippen molar-refractivity contribution in [3.8, 4) is 0 Å². The number of carboxylic acids is 1. The fourth-order valence-electron chi connectivity index (χ4n) is 1.64. The number of ether oxygens (including phenoxy) is 1. The molecule has 1 rings (SSSR count). The van der Waals surface area contributed by atoms with Gasteiger partial charge in [-0.15, -0.1) is 0 Å².